The molecule has 88 valence electrons. The molecule has 1 fully saturated rings. The smallest absolute Gasteiger partial charge is 0.271 e. The average molecular weight is 222 g/mol. The van der Waals surface area contributed by atoms with Gasteiger partial charge >= 0.3 is 0 Å². The van der Waals surface area contributed by atoms with Crippen LogP contribution < -0.4 is 5.32 Å². The number of nitrogens with zero attached hydrogens (tertiary/aromatic N) is 2. The van der Waals surface area contributed by atoms with Gasteiger partial charge in [0, 0.05) is 19.3 Å². The first-order chi connectivity index (χ1) is 7.81. The third-order valence-corrected chi connectivity index (χ3v) is 3.13. The summed E-state index contributed by atoms with van der Waals surface area (Å²) in [4.78, 5) is 13.9. The quantitative estimate of drug-likeness (QED) is 0.782. The predicted octanol–water partition coefficient (Wildman–Crippen LogP) is 0.481. The number of carbonyl (C=O) groups excluding carboxylic acids is 1. The second kappa shape index (κ2) is 5.12. The van der Waals surface area contributed by atoms with Gasteiger partial charge in [0.1, 0.15) is 5.69 Å². The van der Waals surface area contributed by atoms with Gasteiger partial charge in [-0.25, -0.2) is 0 Å². The molecule has 0 radical (unpaired) electrons. The zero-order valence-electron chi connectivity index (χ0n) is 9.57. The van der Waals surface area contributed by atoms with Gasteiger partial charge < -0.3 is 10.2 Å². The number of hydrogen-bond acceptors (Lipinski definition) is 3. The highest BCUT2D eigenvalue weighted by molar-refractivity contribution is 5.92. The molecule has 0 aromatic carbocycles. The molecule has 16 heavy (non-hydrogen) atoms. The predicted molar refractivity (Wildman–Crippen MR) is 61.1 cm³/mol. The summed E-state index contributed by atoms with van der Waals surface area (Å²) in [5.41, 5.74) is 0.590. The van der Waals surface area contributed by atoms with E-state index in [1.807, 2.05) is 11.9 Å². The van der Waals surface area contributed by atoms with Crippen molar-refractivity contribution in [3.63, 3.8) is 0 Å². The van der Waals surface area contributed by atoms with Crippen molar-refractivity contribution in [3.8, 4) is 0 Å². The minimum atomic E-state index is 0.0698. The maximum absolute atomic E-state index is 12.0. The first kappa shape index (κ1) is 11.1. The molecule has 2 N–H and O–H groups in total. The summed E-state index contributed by atoms with van der Waals surface area (Å²) in [6, 6.07) is 1.72. The van der Waals surface area contributed by atoms with Crippen LogP contribution in [0.3, 0.4) is 0 Å². The summed E-state index contributed by atoms with van der Waals surface area (Å²) in [5, 5.41) is 9.71. The van der Waals surface area contributed by atoms with Crippen molar-refractivity contribution >= 4 is 5.91 Å². The molecule has 1 saturated heterocycles. The van der Waals surface area contributed by atoms with E-state index in [-0.39, 0.29) is 5.91 Å². The molecule has 0 atom stereocenters. The molecule has 0 spiro atoms. The molecule has 1 aromatic heterocycles. The lowest BCUT2D eigenvalue weighted by molar-refractivity contribution is 0.0685. The molecule has 2 heterocycles. The molecular weight excluding hydrogens is 204 g/mol. The van der Waals surface area contributed by atoms with Gasteiger partial charge in [0.05, 0.1) is 0 Å². The van der Waals surface area contributed by atoms with E-state index in [2.05, 4.69) is 15.5 Å². The van der Waals surface area contributed by atoms with Gasteiger partial charge in [0.2, 0.25) is 0 Å². The number of rotatable bonds is 3. The zero-order valence-corrected chi connectivity index (χ0v) is 9.57. The van der Waals surface area contributed by atoms with E-state index in [4.69, 9.17) is 0 Å². The van der Waals surface area contributed by atoms with Crippen molar-refractivity contribution in [2.75, 3.05) is 26.7 Å². The van der Waals surface area contributed by atoms with Crippen LogP contribution in [0.25, 0.3) is 0 Å². The molecule has 0 bridgehead atoms. The SMILES string of the molecule is CNCC1CCN(C(=O)c2ccn[nH]2)CC1. The highest BCUT2D eigenvalue weighted by Crippen LogP contribution is 2.17. The van der Waals surface area contributed by atoms with E-state index < -0.39 is 0 Å². The van der Waals surface area contributed by atoms with Crippen LogP contribution in [0, 0.1) is 5.92 Å². The number of amides is 1. The third-order valence-electron chi connectivity index (χ3n) is 3.13. The van der Waals surface area contributed by atoms with Crippen LogP contribution in [0.1, 0.15) is 23.3 Å². The van der Waals surface area contributed by atoms with Crippen LogP contribution in [0.4, 0.5) is 0 Å². The number of nitrogens with one attached hydrogen (secondary N) is 2. The van der Waals surface area contributed by atoms with Crippen molar-refractivity contribution in [2.45, 2.75) is 12.8 Å². The van der Waals surface area contributed by atoms with E-state index in [9.17, 15) is 4.79 Å². The van der Waals surface area contributed by atoms with Gasteiger partial charge in [-0.2, -0.15) is 5.10 Å². The van der Waals surface area contributed by atoms with E-state index in [1.54, 1.807) is 12.3 Å². The summed E-state index contributed by atoms with van der Waals surface area (Å²) in [6.07, 6.45) is 3.78. The highest BCUT2D eigenvalue weighted by atomic mass is 16.2. The second-order valence-electron chi connectivity index (χ2n) is 4.26. The normalized spacial score (nSPS) is 17.7. The lowest BCUT2D eigenvalue weighted by Gasteiger charge is -2.31. The van der Waals surface area contributed by atoms with Gasteiger partial charge in [-0.15, -0.1) is 0 Å². The van der Waals surface area contributed by atoms with Crippen molar-refractivity contribution in [1.82, 2.24) is 20.4 Å². The fraction of sp³-hybridized carbons (Fsp3) is 0.636. The molecule has 2 rings (SSSR count). The van der Waals surface area contributed by atoms with Gasteiger partial charge in [-0.1, -0.05) is 0 Å². The molecule has 0 saturated carbocycles. The second-order valence-corrected chi connectivity index (χ2v) is 4.26. The Morgan fingerprint density at radius 3 is 2.94 bits per heavy atom. The minimum Gasteiger partial charge on any atom is -0.337 e. The number of aromatic amines is 1. The molecule has 5 heteroatoms. The maximum Gasteiger partial charge on any atom is 0.271 e. The summed E-state index contributed by atoms with van der Waals surface area (Å²) in [6.45, 7) is 2.75. The maximum atomic E-state index is 12.0. The fourth-order valence-electron chi connectivity index (χ4n) is 2.17. The molecule has 1 aromatic rings. The minimum absolute atomic E-state index is 0.0698. The monoisotopic (exact) mass is 222 g/mol. The molecule has 0 aliphatic carbocycles. The Hall–Kier alpha value is -1.36. The van der Waals surface area contributed by atoms with E-state index in [0.29, 0.717) is 11.6 Å². The van der Waals surface area contributed by atoms with E-state index in [0.717, 1.165) is 32.5 Å². The van der Waals surface area contributed by atoms with Crippen molar-refractivity contribution in [3.05, 3.63) is 18.0 Å². The number of hydrogen-bond donors (Lipinski definition) is 2. The number of piperidine rings is 1. The van der Waals surface area contributed by atoms with Crippen LogP contribution >= 0.6 is 0 Å². The lowest BCUT2D eigenvalue weighted by Crippen LogP contribution is -2.40. The van der Waals surface area contributed by atoms with Crippen LogP contribution in [0.5, 0.6) is 0 Å². The fourth-order valence-corrected chi connectivity index (χ4v) is 2.17. The summed E-state index contributed by atoms with van der Waals surface area (Å²) >= 11 is 0. The lowest BCUT2D eigenvalue weighted by atomic mass is 9.97. The molecule has 1 aliphatic rings. The van der Waals surface area contributed by atoms with Gasteiger partial charge in [0.25, 0.3) is 5.91 Å². The Morgan fingerprint density at radius 1 is 1.62 bits per heavy atom. The first-order valence-corrected chi connectivity index (χ1v) is 5.74. The molecular formula is C11H18N4O. The summed E-state index contributed by atoms with van der Waals surface area (Å²) < 4.78 is 0. The van der Waals surface area contributed by atoms with Crippen LogP contribution in [0.15, 0.2) is 12.3 Å². The molecule has 1 aliphatic heterocycles. The number of aromatic nitrogens is 2. The van der Waals surface area contributed by atoms with E-state index >= 15 is 0 Å². The van der Waals surface area contributed by atoms with Crippen molar-refractivity contribution < 1.29 is 4.79 Å². The van der Waals surface area contributed by atoms with E-state index in [1.165, 1.54) is 0 Å². The van der Waals surface area contributed by atoms with Gasteiger partial charge in [-0.3, -0.25) is 9.89 Å². The number of likely N-dealkylation sites (tertiary alicyclic amines) is 1. The Morgan fingerprint density at radius 2 is 2.38 bits per heavy atom. The Bertz CT molecular complexity index is 328. The molecule has 0 unspecified atom stereocenters. The summed E-state index contributed by atoms with van der Waals surface area (Å²) in [5.74, 6) is 0.774. The molecule has 5 nitrogen and oxygen atoms in total. The first-order valence-electron chi connectivity index (χ1n) is 5.74. The number of carbonyl (C=O) groups is 1. The van der Waals surface area contributed by atoms with Gasteiger partial charge in [-0.05, 0) is 38.4 Å². The van der Waals surface area contributed by atoms with Crippen LogP contribution in [-0.2, 0) is 0 Å². The zero-order chi connectivity index (χ0) is 11.4. The van der Waals surface area contributed by atoms with Crippen LogP contribution in [0.2, 0.25) is 0 Å². The van der Waals surface area contributed by atoms with Crippen molar-refractivity contribution in [2.24, 2.45) is 5.92 Å². The highest BCUT2D eigenvalue weighted by Gasteiger charge is 2.23. The topological polar surface area (TPSA) is 61.0 Å². The Balaban J connectivity index is 1.87. The Kier molecular flexibility index (Phi) is 3.56. The summed E-state index contributed by atoms with van der Waals surface area (Å²) in [7, 11) is 1.97. The van der Waals surface area contributed by atoms with Crippen molar-refractivity contribution in [1.29, 1.82) is 0 Å². The number of H-pyrrole nitrogens is 1. The van der Waals surface area contributed by atoms with Gasteiger partial charge in [0.15, 0.2) is 0 Å². The molecule has 1 amide bonds. The largest absolute Gasteiger partial charge is 0.337 e. The average Bonchev–Trinajstić information content (AvgIpc) is 2.83. The van der Waals surface area contributed by atoms with Crippen LogP contribution in [-0.4, -0.2) is 47.7 Å². The Labute approximate surface area is 95.2 Å². The standard InChI is InChI=1S/C11H18N4O/c1-12-8-9-3-6-15(7-4-9)11(16)10-2-5-13-14-10/h2,5,9,12H,3-4,6-8H2,1H3,(H,13,14). The third kappa shape index (κ3) is 2.41.